The van der Waals surface area contributed by atoms with Crippen molar-refractivity contribution in [1.29, 1.82) is 0 Å². The number of aryl methyl sites for hydroxylation is 1. The van der Waals surface area contributed by atoms with E-state index in [4.69, 9.17) is 4.74 Å². The minimum atomic E-state index is -5.80. The zero-order chi connectivity index (χ0) is 25.5. The van der Waals surface area contributed by atoms with Crippen molar-refractivity contribution in [1.82, 2.24) is 0 Å². The molecular formula is C21H23F3O9S. The Balaban J connectivity index is 1.85. The van der Waals surface area contributed by atoms with Crippen LogP contribution >= 0.6 is 0 Å². The van der Waals surface area contributed by atoms with Gasteiger partial charge in [-0.1, -0.05) is 24.3 Å². The second-order valence-corrected chi connectivity index (χ2v) is 9.44. The summed E-state index contributed by atoms with van der Waals surface area (Å²) in [6, 6.07) is 9.32. The van der Waals surface area contributed by atoms with Crippen molar-refractivity contribution in [2.75, 3.05) is 6.61 Å². The molecule has 1 aliphatic rings. The van der Waals surface area contributed by atoms with Crippen molar-refractivity contribution >= 4 is 10.1 Å². The van der Waals surface area contributed by atoms with Crippen LogP contribution < -0.4 is 4.18 Å². The Labute approximate surface area is 192 Å². The molecule has 1 heterocycles. The van der Waals surface area contributed by atoms with Crippen molar-refractivity contribution < 1.29 is 56.0 Å². The third kappa shape index (κ3) is 5.05. The minimum Gasteiger partial charge on any atom is -0.394 e. The van der Waals surface area contributed by atoms with E-state index in [9.17, 15) is 47.1 Å². The summed E-state index contributed by atoms with van der Waals surface area (Å²) in [5.74, 6) is -2.97. The maximum absolute atomic E-state index is 12.5. The summed E-state index contributed by atoms with van der Waals surface area (Å²) in [6.45, 7) is 1.01. The number of hydrogen-bond donors (Lipinski definition) is 5. The Bertz CT molecular complexity index is 1120. The minimum absolute atomic E-state index is 0.0289. The largest absolute Gasteiger partial charge is 0.534 e. The molecule has 0 spiro atoms. The molecule has 1 fully saturated rings. The van der Waals surface area contributed by atoms with Gasteiger partial charge in [0.05, 0.1) is 6.61 Å². The molecule has 0 amide bonds. The fourth-order valence-electron chi connectivity index (χ4n) is 3.53. The molecule has 3 rings (SSSR count). The molecule has 0 saturated carbocycles. The number of hydrogen-bond acceptors (Lipinski definition) is 9. The van der Waals surface area contributed by atoms with Gasteiger partial charge in [-0.2, -0.15) is 21.6 Å². The quantitative estimate of drug-likeness (QED) is 0.276. The van der Waals surface area contributed by atoms with Crippen molar-refractivity contribution in [3.63, 3.8) is 0 Å². The first-order valence-electron chi connectivity index (χ1n) is 9.94. The molecule has 0 aliphatic carbocycles. The smallest absolute Gasteiger partial charge is 0.394 e. The van der Waals surface area contributed by atoms with Gasteiger partial charge in [0, 0.05) is 5.56 Å². The van der Waals surface area contributed by atoms with E-state index in [-0.39, 0.29) is 12.0 Å². The molecule has 34 heavy (non-hydrogen) atoms. The van der Waals surface area contributed by atoms with Crippen LogP contribution in [0.2, 0.25) is 0 Å². The Morgan fingerprint density at radius 1 is 1.06 bits per heavy atom. The SMILES string of the molecule is Cc1ccc([C@@]2(O)O[C@H](CO)[C@@H](O)[C@H](O)[C@H]2O)cc1Cc1ccc(OS(=O)(=O)C(F)(F)F)cc1. The van der Waals surface area contributed by atoms with Crippen molar-refractivity contribution in [3.05, 3.63) is 64.7 Å². The number of benzene rings is 2. The van der Waals surface area contributed by atoms with Gasteiger partial charge in [-0.25, -0.2) is 0 Å². The number of halogens is 3. The third-order valence-corrected chi connectivity index (χ3v) is 6.52. The molecule has 2 aromatic carbocycles. The summed E-state index contributed by atoms with van der Waals surface area (Å²) < 4.78 is 69.0. The lowest BCUT2D eigenvalue weighted by Crippen LogP contribution is -2.63. The van der Waals surface area contributed by atoms with Crippen molar-refractivity contribution in [2.45, 2.75) is 49.1 Å². The number of aliphatic hydroxyl groups excluding tert-OH is 4. The highest BCUT2D eigenvalue weighted by atomic mass is 32.2. The van der Waals surface area contributed by atoms with Gasteiger partial charge in [0.15, 0.2) is 0 Å². The molecule has 188 valence electrons. The highest BCUT2D eigenvalue weighted by molar-refractivity contribution is 7.88. The number of alkyl halides is 3. The molecule has 0 radical (unpaired) electrons. The van der Waals surface area contributed by atoms with Gasteiger partial charge in [0.25, 0.3) is 0 Å². The molecule has 1 saturated heterocycles. The monoisotopic (exact) mass is 508 g/mol. The summed E-state index contributed by atoms with van der Waals surface area (Å²) in [6.07, 6.45) is -6.55. The summed E-state index contributed by atoms with van der Waals surface area (Å²) in [5, 5.41) is 50.7. The van der Waals surface area contributed by atoms with Gasteiger partial charge in [0.1, 0.15) is 30.2 Å². The van der Waals surface area contributed by atoms with Crippen LogP contribution in [0.25, 0.3) is 0 Å². The van der Waals surface area contributed by atoms with Gasteiger partial charge in [-0.3, -0.25) is 0 Å². The maximum atomic E-state index is 12.5. The molecule has 0 aromatic heterocycles. The highest BCUT2D eigenvalue weighted by Crippen LogP contribution is 2.37. The summed E-state index contributed by atoms with van der Waals surface area (Å²) in [7, 11) is -5.80. The van der Waals surface area contributed by atoms with Crippen molar-refractivity contribution in [3.8, 4) is 5.75 Å². The summed E-state index contributed by atoms with van der Waals surface area (Å²) in [5.41, 5.74) is -3.65. The molecule has 2 aromatic rings. The Morgan fingerprint density at radius 2 is 1.68 bits per heavy atom. The van der Waals surface area contributed by atoms with Crippen LogP contribution in [0.5, 0.6) is 5.75 Å². The van der Waals surface area contributed by atoms with Gasteiger partial charge < -0.3 is 34.5 Å². The fraction of sp³-hybridized carbons (Fsp3) is 0.429. The molecule has 0 bridgehead atoms. The Hall–Kier alpha value is -2.26. The van der Waals surface area contributed by atoms with Gasteiger partial charge in [-0.15, -0.1) is 0 Å². The van der Waals surface area contributed by atoms with Gasteiger partial charge in [0.2, 0.25) is 5.79 Å². The Morgan fingerprint density at radius 3 is 2.24 bits per heavy atom. The molecule has 13 heteroatoms. The molecule has 5 atom stereocenters. The predicted octanol–water partition coefficient (Wildman–Crippen LogP) is 0.433. The van der Waals surface area contributed by atoms with E-state index in [0.29, 0.717) is 11.1 Å². The van der Waals surface area contributed by atoms with Gasteiger partial charge in [-0.05, 0) is 48.2 Å². The van der Waals surface area contributed by atoms with E-state index < -0.39 is 58.2 Å². The second kappa shape index (κ2) is 9.41. The number of ether oxygens (including phenoxy) is 1. The maximum Gasteiger partial charge on any atom is 0.534 e. The second-order valence-electron chi connectivity index (χ2n) is 7.91. The van der Waals surface area contributed by atoms with Gasteiger partial charge >= 0.3 is 15.6 Å². The number of aliphatic hydroxyl groups is 5. The standard InChI is InChI=1S/C21H23F3O9S/c1-11-2-5-14(20(29)19(28)18(27)17(26)16(10-25)32-20)9-13(11)8-12-3-6-15(7-4-12)33-34(30,31)21(22,23)24/h2-7,9,16-19,25-29H,8,10H2,1H3/t16-,17-,18+,19-,20-/m1/s1. The summed E-state index contributed by atoms with van der Waals surface area (Å²) >= 11 is 0. The normalized spacial score (nSPS) is 28.0. The molecular weight excluding hydrogens is 485 g/mol. The molecule has 1 aliphatic heterocycles. The van der Waals surface area contributed by atoms with Crippen LogP contribution in [0, 0.1) is 6.92 Å². The van der Waals surface area contributed by atoms with Crippen LogP contribution in [-0.4, -0.2) is 70.5 Å². The lowest BCUT2D eigenvalue weighted by Gasteiger charge is -2.45. The number of rotatable bonds is 6. The average molecular weight is 508 g/mol. The predicted molar refractivity (Wildman–Crippen MR) is 110 cm³/mol. The van der Waals surface area contributed by atoms with Crippen LogP contribution in [0.3, 0.4) is 0 Å². The van der Waals surface area contributed by atoms with E-state index in [1.807, 2.05) is 0 Å². The first kappa shape index (κ1) is 26.3. The molecule has 0 unspecified atom stereocenters. The van der Waals surface area contributed by atoms with E-state index in [1.165, 1.54) is 24.3 Å². The van der Waals surface area contributed by atoms with E-state index in [1.54, 1.807) is 13.0 Å². The van der Waals surface area contributed by atoms with E-state index >= 15 is 0 Å². The first-order valence-corrected chi connectivity index (χ1v) is 11.4. The van der Waals surface area contributed by atoms with Crippen molar-refractivity contribution in [2.24, 2.45) is 0 Å². The zero-order valence-electron chi connectivity index (χ0n) is 17.7. The third-order valence-electron chi connectivity index (χ3n) is 5.54. The van der Waals surface area contributed by atoms with Crippen LogP contribution in [0.1, 0.15) is 22.3 Å². The van der Waals surface area contributed by atoms with E-state index in [0.717, 1.165) is 17.7 Å². The first-order chi connectivity index (χ1) is 15.7. The molecule has 9 nitrogen and oxygen atoms in total. The van der Waals surface area contributed by atoms with Crippen LogP contribution in [0.15, 0.2) is 42.5 Å². The lowest BCUT2D eigenvalue weighted by molar-refractivity contribution is -0.357. The average Bonchev–Trinajstić information content (AvgIpc) is 2.76. The fourth-order valence-corrected chi connectivity index (χ4v) is 3.99. The Kier molecular flexibility index (Phi) is 7.30. The lowest BCUT2D eigenvalue weighted by atomic mass is 9.86. The topological polar surface area (TPSA) is 154 Å². The van der Waals surface area contributed by atoms with Crippen LogP contribution in [-0.2, 0) is 27.1 Å². The zero-order valence-corrected chi connectivity index (χ0v) is 18.5. The molecule has 5 N–H and O–H groups in total. The van der Waals surface area contributed by atoms with Crippen LogP contribution in [0.4, 0.5) is 13.2 Å². The summed E-state index contributed by atoms with van der Waals surface area (Å²) in [4.78, 5) is 0. The highest BCUT2D eigenvalue weighted by Gasteiger charge is 2.53. The van der Waals surface area contributed by atoms with E-state index in [2.05, 4.69) is 4.18 Å².